The van der Waals surface area contributed by atoms with Crippen molar-refractivity contribution in [2.45, 2.75) is 13.8 Å². The molecule has 0 radical (unpaired) electrons. The first-order valence-electron chi connectivity index (χ1n) is 4.44. The zero-order valence-electron chi connectivity index (χ0n) is 8.63. The van der Waals surface area contributed by atoms with Crippen molar-refractivity contribution >= 4 is 42.4 Å². The number of hydrogen-bond acceptors (Lipinski definition) is 3. The van der Waals surface area contributed by atoms with Gasteiger partial charge >= 0.3 is 7.60 Å². The van der Waals surface area contributed by atoms with Gasteiger partial charge in [0, 0.05) is 5.03 Å². The van der Waals surface area contributed by atoms with Gasteiger partial charge in [0.05, 0.1) is 30.3 Å². The van der Waals surface area contributed by atoms with Crippen LogP contribution in [0.5, 0.6) is 0 Å². The molecule has 0 N–H and O–H groups in total. The molecule has 3 nitrogen and oxygen atoms in total. The monoisotopic (exact) mass is 294 g/mol. The Kier molecular flexibility index (Phi) is 8.34. The standard InChI is InChI=1S/C8H14Cl3O3P/c1-3-13-15(12,14-4-2)8(6-10)7(11)5-9/h3-6H2,1-2H3/b8-7-. The quantitative estimate of drug-likeness (QED) is 0.522. The molecule has 0 aromatic carbocycles. The molecule has 0 rings (SSSR count). The van der Waals surface area contributed by atoms with E-state index in [1.807, 2.05) is 0 Å². The highest BCUT2D eigenvalue weighted by atomic mass is 35.5. The van der Waals surface area contributed by atoms with E-state index in [0.29, 0.717) is 0 Å². The molecule has 0 saturated heterocycles. The number of allylic oxidation sites excluding steroid dienone is 2. The number of rotatable bonds is 7. The maximum Gasteiger partial charge on any atom is 0.359 e. The molecule has 7 heteroatoms. The van der Waals surface area contributed by atoms with E-state index in [0.717, 1.165) is 0 Å². The smallest absolute Gasteiger partial charge is 0.306 e. The van der Waals surface area contributed by atoms with Crippen LogP contribution in [0.25, 0.3) is 0 Å². The molecule has 0 aliphatic heterocycles. The van der Waals surface area contributed by atoms with Gasteiger partial charge in [0.2, 0.25) is 0 Å². The van der Waals surface area contributed by atoms with Crippen LogP contribution >= 0.6 is 42.4 Å². The molecular formula is C8H14Cl3O3P. The van der Waals surface area contributed by atoms with Crippen LogP contribution < -0.4 is 0 Å². The molecule has 0 heterocycles. The molecule has 0 aliphatic rings. The minimum atomic E-state index is -3.37. The van der Waals surface area contributed by atoms with E-state index < -0.39 is 7.60 Å². The lowest BCUT2D eigenvalue weighted by molar-refractivity contribution is 0.226. The maximum atomic E-state index is 12.2. The summed E-state index contributed by atoms with van der Waals surface area (Å²) < 4.78 is 22.4. The van der Waals surface area contributed by atoms with Crippen LogP contribution in [0, 0.1) is 0 Å². The second-order valence-corrected chi connectivity index (χ2v) is 5.49. The van der Waals surface area contributed by atoms with Crippen LogP contribution in [0.1, 0.15) is 13.8 Å². The molecule has 0 spiro atoms. The topological polar surface area (TPSA) is 35.5 Å². The van der Waals surface area contributed by atoms with Crippen LogP contribution in [0.2, 0.25) is 0 Å². The molecule has 0 atom stereocenters. The molecule has 0 amide bonds. The molecule has 90 valence electrons. The van der Waals surface area contributed by atoms with E-state index in [1.165, 1.54) is 0 Å². The number of hydrogen-bond donors (Lipinski definition) is 0. The summed E-state index contributed by atoms with van der Waals surface area (Å²) in [5.41, 5.74) is 0. The van der Waals surface area contributed by atoms with Gasteiger partial charge in [-0.15, -0.1) is 23.2 Å². The van der Waals surface area contributed by atoms with Crippen LogP contribution in [-0.4, -0.2) is 25.0 Å². The SMILES string of the molecule is CCOP(=O)(OCC)/C(CCl)=C(\Cl)CCl. The Balaban J connectivity index is 5.11. The van der Waals surface area contributed by atoms with Gasteiger partial charge in [-0.25, -0.2) is 0 Å². The largest absolute Gasteiger partial charge is 0.359 e. The predicted molar refractivity (Wildman–Crippen MR) is 65.2 cm³/mol. The highest BCUT2D eigenvalue weighted by Gasteiger charge is 2.31. The van der Waals surface area contributed by atoms with Crippen molar-refractivity contribution in [1.82, 2.24) is 0 Å². The third-order valence-corrected chi connectivity index (χ3v) is 5.12. The average Bonchev–Trinajstić information content (AvgIpc) is 2.19. The van der Waals surface area contributed by atoms with Crippen LogP contribution in [0.3, 0.4) is 0 Å². The van der Waals surface area contributed by atoms with Crippen molar-refractivity contribution in [2.75, 3.05) is 25.0 Å². The first-order chi connectivity index (χ1) is 7.05. The molecule has 0 aromatic rings. The van der Waals surface area contributed by atoms with Gasteiger partial charge in [-0.3, -0.25) is 4.57 Å². The Morgan fingerprint density at radius 1 is 1.13 bits per heavy atom. The molecule has 0 unspecified atom stereocenters. The Morgan fingerprint density at radius 2 is 1.60 bits per heavy atom. The van der Waals surface area contributed by atoms with E-state index in [9.17, 15) is 4.57 Å². The summed E-state index contributed by atoms with van der Waals surface area (Å²) in [6.07, 6.45) is 0. The first-order valence-corrected chi connectivity index (χ1v) is 7.43. The highest BCUT2D eigenvalue weighted by Crippen LogP contribution is 2.57. The predicted octanol–water partition coefficient (Wildman–Crippen LogP) is 4.18. The lowest BCUT2D eigenvalue weighted by Gasteiger charge is -2.19. The van der Waals surface area contributed by atoms with Crippen molar-refractivity contribution in [3.05, 3.63) is 10.3 Å². The Hall–Kier alpha value is 0.760. The fourth-order valence-electron chi connectivity index (χ4n) is 0.904. The van der Waals surface area contributed by atoms with Gasteiger partial charge in [0.15, 0.2) is 0 Å². The summed E-state index contributed by atoms with van der Waals surface area (Å²) >= 11 is 17.0. The molecular weight excluding hydrogens is 281 g/mol. The van der Waals surface area contributed by atoms with E-state index in [2.05, 4.69) is 0 Å². The first kappa shape index (κ1) is 15.8. The Morgan fingerprint density at radius 3 is 1.87 bits per heavy atom. The van der Waals surface area contributed by atoms with E-state index in [1.54, 1.807) is 13.8 Å². The minimum Gasteiger partial charge on any atom is -0.306 e. The van der Waals surface area contributed by atoms with E-state index >= 15 is 0 Å². The highest BCUT2D eigenvalue weighted by molar-refractivity contribution is 7.58. The van der Waals surface area contributed by atoms with Crippen molar-refractivity contribution in [1.29, 1.82) is 0 Å². The summed E-state index contributed by atoms with van der Waals surface area (Å²) in [5.74, 6) is 0.0105. The normalized spacial score (nSPS) is 13.9. The number of halogens is 3. The van der Waals surface area contributed by atoms with Crippen molar-refractivity contribution in [2.24, 2.45) is 0 Å². The maximum absolute atomic E-state index is 12.2. The third-order valence-electron chi connectivity index (χ3n) is 1.49. The van der Waals surface area contributed by atoms with Gasteiger partial charge in [-0.2, -0.15) is 0 Å². The summed E-state index contributed by atoms with van der Waals surface area (Å²) in [6.45, 7) is 3.94. The third kappa shape index (κ3) is 4.64. The van der Waals surface area contributed by atoms with Gasteiger partial charge in [-0.1, -0.05) is 11.6 Å². The molecule has 0 aromatic heterocycles. The van der Waals surface area contributed by atoms with Crippen LogP contribution in [0.4, 0.5) is 0 Å². The van der Waals surface area contributed by atoms with Crippen LogP contribution in [0.15, 0.2) is 10.3 Å². The van der Waals surface area contributed by atoms with Gasteiger partial charge in [0.1, 0.15) is 0 Å². The summed E-state index contributed by atoms with van der Waals surface area (Å²) in [4.78, 5) is 0. The van der Waals surface area contributed by atoms with E-state index in [4.69, 9.17) is 43.9 Å². The Bertz CT molecular complexity index is 258. The summed E-state index contributed by atoms with van der Waals surface area (Å²) in [6, 6.07) is 0. The van der Waals surface area contributed by atoms with Crippen LogP contribution in [-0.2, 0) is 13.6 Å². The van der Waals surface area contributed by atoms with Gasteiger partial charge in [-0.05, 0) is 13.8 Å². The summed E-state index contributed by atoms with van der Waals surface area (Å²) in [7, 11) is -3.37. The van der Waals surface area contributed by atoms with Crippen molar-refractivity contribution < 1.29 is 13.6 Å². The lowest BCUT2D eigenvalue weighted by Crippen LogP contribution is -2.02. The minimum absolute atomic E-state index is 0.0250. The molecule has 0 aliphatic carbocycles. The fraction of sp³-hybridized carbons (Fsp3) is 0.750. The second-order valence-electron chi connectivity index (χ2n) is 2.45. The Labute approximate surface area is 105 Å². The fourth-order valence-corrected chi connectivity index (χ4v) is 3.79. The lowest BCUT2D eigenvalue weighted by atomic mass is 10.6. The van der Waals surface area contributed by atoms with E-state index in [-0.39, 0.29) is 35.3 Å². The number of alkyl halides is 2. The second kappa shape index (κ2) is 7.94. The molecule has 15 heavy (non-hydrogen) atoms. The molecule has 0 saturated carbocycles. The molecule has 0 fully saturated rings. The average molecular weight is 296 g/mol. The molecule has 0 bridgehead atoms. The van der Waals surface area contributed by atoms with Gasteiger partial charge in [0.25, 0.3) is 0 Å². The van der Waals surface area contributed by atoms with Crippen molar-refractivity contribution in [3.8, 4) is 0 Å². The van der Waals surface area contributed by atoms with Gasteiger partial charge < -0.3 is 9.05 Å². The van der Waals surface area contributed by atoms with Crippen molar-refractivity contribution in [3.63, 3.8) is 0 Å². The summed E-state index contributed by atoms with van der Waals surface area (Å²) in [5, 5.41) is 0.460. The zero-order valence-corrected chi connectivity index (χ0v) is 11.8. The zero-order chi connectivity index (χ0) is 11.9.